The van der Waals surface area contributed by atoms with Crippen molar-refractivity contribution in [2.75, 3.05) is 58.9 Å². The van der Waals surface area contributed by atoms with Crippen molar-refractivity contribution in [3.05, 3.63) is 35.9 Å². The normalized spacial score (nSPS) is 21.0. The number of unbranched alkanes of at least 4 members (excludes halogenated alkanes) is 1. The Hall–Kier alpha value is -2.12. The number of guanidine groups is 1. The number of amides is 1. The van der Waals surface area contributed by atoms with Gasteiger partial charge < -0.3 is 20.9 Å². The molecule has 0 aromatic heterocycles. The van der Waals surface area contributed by atoms with Crippen LogP contribution in [0, 0.1) is 5.92 Å². The zero-order chi connectivity index (χ0) is 22.6. The second-order valence-electron chi connectivity index (χ2n) is 9.17. The maximum atomic E-state index is 11.3. The molecule has 2 saturated heterocycles. The lowest BCUT2D eigenvalue weighted by Crippen LogP contribution is -2.47. The number of aliphatic imine (C=N–C) groups is 1. The highest BCUT2D eigenvalue weighted by molar-refractivity contribution is 5.80. The zero-order valence-corrected chi connectivity index (χ0v) is 19.8. The molecule has 0 bridgehead atoms. The lowest BCUT2D eigenvalue weighted by atomic mass is 9.95. The topological polar surface area (TPSA) is 77.2 Å². The smallest absolute Gasteiger partial charge is 0.217 e. The van der Waals surface area contributed by atoms with Crippen LogP contribution in [-0.2, 0) is 11.3 Å². The largest absolute Gasteiger partial charge is 0.370 e. The molecule has 1 amide bonds. The Kier molecular flexibility index (Phi) is 10.3. The van der Waals surface area contributed by atoms with E-state index >= 15 is 0 Å². The predicted octanol–water partition coefficient (Wildman–Crippen LogP) is 2.14. The summed E-state index contributed by atoms with van der Waals surface area (Å²) in [6, 6.07) is 10.8. The molecule has 2 heterocycles. The Balaban J connectivity index is 1.33. The minimum Gasteiger partial charge on any atom is -0.370 e. The number of nitrogens with zero attached hydrogens (tertiary/aromatic N) is 4. The van der Waals surface area contributed by atoms with Gasteiger partial charge in [-0.05, 0) is 50.6 Å². The molecule has 178 valence electrons. The third kappa shape index (κ3) is 8.43. The lowest BCUT2D eigenvalue weighted by molar-refractivity contribution is -0.119. The van der Waals surface area contributed by atoms with Crippen molar-refractivity contribution < 1.29 is 4.79 Å². The van der Waals surface area contributed by atoms with E-state index in [4.69, 9.17) is 10.7 Å². The van der Waals surface area contributed by atoms with Gasteiger partial charge in [0, 0.05) is 65.3 Å². The number of benzene rings is 1. The number of hydrogen-bond donors (Lipinski definition) is 2. The second-order valence-corrected chi connectivity index (χ2v) is 9.17. The van der Waals surface area contributed by atoms with Gasteiger partial charge in [-0.3, -0.25) is 14.7 Å². The summed E-state index contributed by atoms with van der Waals surface area (Å²) in [4.78, 5) is 23.6. The molecular formula is C25H42N6O. The van der Waals surface area contributed by atoms with Gasteiger partial charge in [-0.25, -0.2) is 0 Å². The highest BCUT2D eigenvalue weighted by Crippen LogP contribution is 2.19. The highest BCUT2D eigenvalue weighted by Gasteiger charge is 2.23. The van der Waals surface area contributed by atoms with Gasteiger partial charge in [-0.1, -0.05) is 30.3 Å². The Morgan fingerprint density at radius 2 is 1.84 bits per heavy atom. The SMILES string of the molecule is CCNC(=NCCCCN1CCN(Cc2ccccc2)CC1)N1CCCC(CC(N)=O)C1. The molecule has 0 saturated carbocycles. The van der Waals surface area contributed by atoms with Crippen molar-refractivity contribution in [1.29, 1.82) is 0 Å². The average Bonchev–Trinajstić information content (AvgIpc) is 2.80. The minimum atomic E-state index is -0.195. The van der Waals surface area contributed by atoms with Crippen molar-refractivity contribution in [2.24, 2.45) is 16.6 Å². The van der Waals surface area contributed by atoms with Gasteiger partial charge in [-0.2, -0.15) is 0 Å². The van der Waals surface area contributed by atoms with Gasteiger partial charge in [0.25, 0.3) is 0 Å². The summed E-state index contributed by atoms with van der Waals surface area (Å²) >= 11 is 0. The van der Waals surface area contributed by atoms with Gasteiger partial charge >= 0.3 is 0 Å². The van der Waals surface area contributed by atoms with Crippen LogP contribution in [-0.4, -0.2) is 85.5 Å². The van der Waals surface area contributed by atoms with E-state index in [1.807, 2.05) is 0 Å². The van der Waals surface area contributed by atoms with E-state index in [1.54, 1.807) is 0 Å². The first-order valence-corrected chi connectivity index (χ1v) is 12.4. The fraction of sp³-hybridized carbons (Fsp3) is 0.680. The number of hydrogen-bond acceptors (Lipinski definition) is 4. The van der Waals surface area contributed by atoms with Crippen LogP contribution < -0.4 is 11.1 Å². The summed E-state index contributed by atoms with van der Waals surface area (Å²) in [5, 5.41) is 3.44. The van der Waals surface area contributed by atoms with Crippen LogP contribution in [0.25, 0.3) is 0 Å². The number of likely N-dealkylation sites (tertiary alicyclic amines) is 1. The van der Waals surface area contributed by atoms with Crippen LogP contribution in [0.4, 0.5) is 0 Å². The maximum Gasteiger partial charge on any atom is 0.217 e. The Morgan fingerprint density at radius 1 is 1.09 bits per heavy atom. The van der Waals surface area contributed by atoms with Crippen LogP contribution in [0.5, 0.6) is 0 Å². The summed E-state index contributed by atoms with van der Waals surface area (Å²) in [5.74, 6) is 1.15. The van der Waals surface area contributed by atoms with Gasteiger partial charge in [0.15, 0.2) is 5.96 Å². The van der Waals surface area contributed by atoms with E-state index in [1.165, 1.54) is 12.0 Å². The van der Waals surface area contributed by atoms with Crippen LogP contribution in [0.3, 0.4) is 0 Å². The quantitative estimate of drug-likeness (QED) is 0.330. The molecule has 3 rings (SSSR count). The molecule has 2 fully saturated rings. The summed E-state index contributed by atoms with van der Waals surface area (Å²) in [7, 11) is 0. The number of nitrogens with one attached hydrogen (secondary N) is 1. The molecule has 32 heavy (non-hydrogen) atoms. The zero-order valence-electron chi connectivity index (χ0n) is 19.8. The van der Waals surface area contributed by atoms with Crippen molar-refractivity contribution in [3.8, 4) is 0 Å². The van der Waals surface area contributed by atoms with E-state index < -0.39 is 0 Å². The summed E-state index contributed by atoms with van der Waals surface area (Å²) in [6.45, 7) is 12.6. The van der Waals surface area contributed by atoms with Crippen molar-refractivity contribution in [2.45, 2.75) is 45.6 Å². The second kappa shape index (κ2) is 13.4. The lowest BCUT2D eigenvalue weighted by Gasteiger charge is -2.35. The molecular weight excluding hydrogens is 400 g/mol. The molecule has 1 atom stereocenters. The molecule has 7 nitrogen and oxygen atoms in total. The van der Waals surface area contributed by atoms with E-state index in [-0.39, 0.29) is 5.91 Å². The predicted molar refractivity (Wildman–Crippen MR) is 131 cm³/mol. The summed E-state index contributed by atoms with van der Waals surface area (Å²) in [6.07, 6.45) is 4.95. The van der Waals surface area contributed by atoms with E-state index in [0.717, 1.165) is 90.7 Å². The van der Waals surface area contributed by atoms with E-state index in [0.29, 0.717) is 12.3 Å². The van der Waals surface area contributed by atoms with Gasteiger partial charge in [0.2, 0.25) is 5.91 Å². The molecule has 7 heteroatoms. The fourth-order valence-corrected chi connectivity index (χ4v) is 4.78. The van der Waals surface area contributed by atoms with Gasteiger partial charge in [0.1, 0.15) is 0 Å². The molecule has 2 aliphatic rings. The van der Waals surface area contributed by atoms with Gasteiger partial charge in [-0.15, -0.1) is 0 Å². The highest BCUT2D eigenvalue weighted by atomic mass is 16.1. The third-order valence-corrected chi connectivity index (χ3v) is 6.50. The molecule has 1 aromatic carbocycles. The van der Waals surface area contributed by atoms with Crippen molar-refractivity contribution in [3.63, 3.8) is 0 Å². The van der Waals surface area contributed by atoms with E-state index in [2.05, 4.69) is 57.3 Å². The standard InChI is InChI=1S/C25H42N6O/c1-2-27-25(31-14-8-11-23(21-31)19-24(26)32)28-12-6-7-13-29-15-17-30(18-16-29)20-22-9-4-3-5-10-22/h3-5,9-10,23H,2,6-8,11-21H2,1H3,(H2,26,32)(H,27,28). The first kappa shape index (κ1) is 24.5. The average molecular weight is 443 g/mol. The molecule has 0 aliphatic carbocycles. The molecule has 0 spiro atoms. The van der Waals surface area contributed by atoms with Crippen LogP contribution >= 0.6 is 0 Å². The van der Waals surface area contributed by atoms with Crippen LogP contribution in [0.15, 0.2) is 35.3 Å². The minimum absolute atomic E-state index is 0.195. The first-order chi connectivity index (χ1) is 15.6. The first-order valence-electron chi connectivity index (χ1n) is 12.4. The monoisotopic (exact) mass is 442 g/mol. The summed E-state index contributed by atoms with van der Waals surface area (Å²) in [5.41, 5.74) is 6.82. The molecule has 2 aliphatic heterocycles. The maximum absolute atomic E-state index is 11.3. The Morgan fingerprint density at radius 3 is 2.56 bits per heavy atom. The van der Waals surface area contributed by atoms with E-state index in [9.17, 15) is 4.79 Å². The molecule has 0 radical (unpaired) electrons. The molecule has 1 unspecified atom stereocenters. The van der Waals surface area contributed by atoms with Crippen molar-refractivity contribution >= 4 is 11.9 Å². The number of piperidine rings is 1. The third-order valence-electron chi connectivity index (χ3n) is 6.50. The van der Waals surface area contributed by atoms with Crippen molar-refractivity contribution in [1.82, 2.24) is 20.0 Å². The number of carbonyl (C=O) groups is 1. The van der Waals surface area contributed by atoms with Crippen LogP contribution in [0.1, 0.15) is 44.6 Å². The number of primary amides is 1. The van der Waals surface area contributed by atoms with Gasteiger partial charge in [0.05, 0.1) is 0 Å². The summed E-state index contributed by atoms with van der Waals surface area (Å²) < 4.78 is 0. The molecule has 3 N–H and O–H groups in total. The fourth-order valence-electron chi connectivity index (χ4n) is 4.78. The number of carbonyl (C=O) groups excluding carboxylic acids is 1. The Bertz CT molecular complexity index is 702. The number of piperazine rings is 1. The Labute approximate surface area is 194 Å². The number of rotatable bonds is 10. The molecule has 1 aromatic rings. The van der Waals surface area contributed by atoms with Crippen LogP contribution in [0.2, 0.25) is 0 Å². The number of nitrogens with two attached hydrogens (primary N) is 1.